The van der Waals surface area contributed by atoms with Crippen LogP contribution < -0.4 is 9.47 Å². The molecule has 0 unspecified atom stereocenters. The zero-order valence-corrected chi connectivity index (χ0v) is 42.5. The van der Waals surface area contributed by atoms with Crippen LogP contribution in [-0.4, -0.2) is 19.7 Å². The highest BCUT2D eigenvalue weighted by atomic mass is 32.2. The van der Waals surface area contributed by atoms with Gasteiger partial charge in [0.25, 0.3) is 5.82 Å². The average Bonchev–Trinajstić information content (AvgIpc) is 3.79. The van der Waals surface area contributed by atoms with Gasteiger partial charge in [-0.25, -0.2) is 0 Å². The van der Waals surface area contributed by atoms with Gasteiger partial charge in [0.2, 0.25) is 10.7 Å². The number of para-hydroxylation sites is 1. The van der Waals surface area contributed by atoms with Crippen molar-refractivity contribution in [3.05, 3.63) is 187 Å². The number of fused-ring (bicyclic) bond motifs is 8. The largest absolute Gasteiger partial charge is 0.309 e. The van der Waals surface area contributed by atoms with Crippen LogP contribution in [0.25, 0.3) is 44.4 Å². The fraction of sp³-hybridized carbons (Fsp3) is 0.302. The van der Waals surface area contributed by atoms with Gasteiger partial charge in [-0.3, -0.25) is 0 Å². The van der Waals surface area contributed by atoms with Crippen LogP contribution in [0.3, 0.4) is 0 Å². The van der Waals surface area contributed by atoms with E-state index < -0.39 is 0 Å². The number of pyridine rings is 1. The molecule has 4 nitrogen and oxygen atoms in total. The average molecular weight is 905 g/mol. The van der Waals surface area contributed by atoms with Gasteiger partial charge in [-0.2, -0.15) is 13.7 Å². The molecule has 336 valence electrons. The molecule has 8 bridgehead atoms. The Kier molecular flexibility index (Phi) is 7.76. The fourth-order valence-corrected chi connectivity index (χ4v) is 15.8. The Labute approximate surface area is 405 Å². The summed E-state index contributed by atoms with van der Waals surface area (Å²) in [5, 5.41) is 4.08. The number of aryl methyl sites for hydroxylation is 4. The third-order valence-corrected chi connectivity index (χ3v) is 19.7. The van der Waals surface area contributed by atoms with E-state index in [1.54, 1.807) is 5.56 Å². The Morgan fingerprint density at radius 1 is 0.647 bits per heavy atom. The Morgan fingerprint density at radius 3 is 2.19 bits per heavy atom. The van der Waals surface area contributed by atoms with Crippen molar-refractivity contribution in [2.75, 3.05) is 4.90 Å². The Morgan fingerprint density at radius 2 is 1.41 bits per heavy atom. The van der Waals surface area contributed by atoms with Gasteiger partial charge in [0.15, 0.2) is 11.2 Å². The van der Waals surface area contributed by atoms with E-state index in [-0.39, 0.29) is 21.1 Å². The van der Waals surface area contributed by atoms with Crippen LogP contribution in [0.5, 0.6) is 0 Å². The molecule has 0 saturated carbocycles. The predicted octanol–water partition coefficient (Wildman–Crippen LogP) is 14.7. The molecule has 5 heteroatoms. The van der Waals surface area contributed by atoms with Crippen LogP contribution in [0, 0.1) is 34.6 Å². The highest BCUT2D eigenvalue weighted by Gasteiger charge is 2.69. The summed E-state index contributed by atoms with van der Waals surface area (Å²) in [4.78, 5) is 2.76. The van der Waals surface area contributed by atoms with Crippen molar-refractivity contribution in [1.82, 2.24) is 4.57 Å². The number of thioether (sulfide) groups is 1. The van der Waals surface area contributed by atoms with E-state index in [4.69, 9.17) is 0 Å². The van der Waals surface area contributed by atoms with E-state index in [9.17, 15) is 0 Å². The van der Waals surface area contributed by atoms with E-state index in [0.717, 1.165) is 19.3 Å². The molecular weight excluding hydrogens is 845 g/mol. The highest BCUT2D eigenvalue weighted by Crippen LogP contribution is 2.65. The normalized spacial score (nSPS) is 22.1. The molecule has 0 spiro atoms. The van der Waals surface area contributed by atoms with Gasteiger partial charge in [-0.1, -0.05) is 94.8 Å². The fourth-order valence-electron chi connectivity index (χ4n) is 14.1. The summed E-state index contributed by atoms with van der Waals surface area (Å²) in [7, 11) is 0. The third kappa shape index (κ3) is 4.84. The van der Waals surface area contributed by atoms with Crippen LogP contribution in [0.4, 0.5) is 17.1 Å². The minimum atomic E-state index is -0.267. The van der Waals surface area contributed by atoms with Gasteiger partial charge in [0.05, 0.1) is 35.2 Å². The molecule has 6 aliphatic rings. The van der Waals surface area contributed by atoms with Gasteiger partial charge in [0, 0.05) is 53.1 Å². The van der Waals surface area contributed by atoms with Crippen molar-refractivity contribution in [3.8, 4) is 16.9 Å². The van der Waals surface area contributed by atoms with Crippen molar-refractivity contribution in [2.24, 2.45) is 0 Å². The second kappa shape index (κ2) is 12.9. The molecule has 0 fully saturated rings. The van der Waals surface area contributed by atoms with Gasteiger partial charge in [-0.05, 0) is 162 Å². The van der Waals surface area contributed by atoms with E-state index in [1.165, 1.54) is 139 Å². The first-order valence-electron chi connectivity index (χ1n) is 24.9. The molecule has 68 heavy (non-hydrogen) atoms. The molecule has 8 aromatic rings. The number of benzene rings is 6. The quantitative estimate of drug-likeness (QED) is 0.153. The lowest BCUT2D eigenvalue weighted by Gasteiger charge is -2.43. The van der Waals surface area contributed by atoms with Crippen molar-refractivity contribution in [1.29, 1.82) is 0 Å². The Bertz CT molecular complexity index is 3770. The molecule has 5 aliphatic heterocycles. The zero-order valence-electron chi connectivity index (χ0n) is 41.7. The molecule has 6 aromatic carbocycles. The lowest BCUT2D eigenvalue weighted by molar-refractivity contribution is -0.603. The van der Waals surface area contributed by atoms with E-state index in [0.29, 0.717) is 0 Å². The standard InChI is InChI=1S/C63H60N4S/c1-34-20-23-50-41(26-34)43-30-49-58-45-32-53(64-25-24-40(60(6,7)8)29-55(64)66(50)57(43)45)54-31-42-44(59-67(54)62(11)33-46-38(5)35(2)21-22-47(46)63(62,12)68-59)27-39(56-36(3)16-15-17-37(56)4)28-52(42)65(58)51-19-14-13-18-48(51)61(49,9)10/h13-30H,31-33H2,1-12H3/q+2/b54-53-/t62-,63+/m1/s1. The summed E-state index contributed by atoms with van der Waals surface area (Å²) in [5.41, 5.74) is 29.6. The topological polar surface area (TPSA) is 15.1 Å². The number of nitrogens with zero attached hydrogens (tertiary/aromatic N) is 4. The molecule has 2 atom stereocenters. The monoisotopic (exact) mass is 904 g/mol. The van der Waals surface area contributed by atoms with E-state index in [1.807, 2.05) is 0 Å². The van der Waals surface area contributed by atoms with Gasteiger partial charge < -0.3 is 4.90 Å². The predicted molar refractivity (Wildman–Crippen MR) is 284 cm³/mol. The minimum Gasteiger partial charge on any atom is -0.309 e. The maximum Gasteiger partial charge on any atom is 0.292 e. The maximum absolute atomic E-state index is 2.92. The van der Waals surface area contributed by atoms with Gasteiger partial charge in [-0.15, -0.1) is 0 Å². The van der Waals surface area contributed by atoms with Crippen LogP contribution in [-0.2, 0) is 34.8 Å². The first-order valence-corrected chi connectivity index (χ1v) is 25.7. The molecule has 1 aliphatic carbocycles. The summed E-state index contributed by atoms with van der Waals surface area (Å²) >= 11 is 2.14. The third-order valence-electron chi connectivity index (χ3n) is 18.0. The number of hydrogen-bond donors (Lipinski definition) is 0. The van der Waals surface area contributed by atoms with Crippen LogP contribution in [0.15, 0.2) is 115 Å². The van der Waals surface area contributed by atoms with Crippen molar-refractivity contribution in [3.63, 3.8) is 0 Å². The zero-order chi connectivity index (χ0) is 46.9. The second-order valence-electron chi connectivity index (χ2n) is 23.2. The second-order valence-corrected chi connectivity index (χ2v) is 24.6. The molecular formula is C63H60N4S+2. The number of allylic oxidation sites excluding steroid dienone is 2. The van der Waals surface area contributed by atoms with Gasteiger partial charge in [0.1, 0.15) is 15.8 Å². The van der Waals surface area contributed by atoms with Crippen LogP contribution >= 0.6 is 11.8 Å². The molecule has 7 heterocycles. The molecule has 0 amide bonds. The van der Waals surface area contributed by atoms with Crippen molar-refractivity contribution in [2.45, 2.75) is 123 Å². The van der Waals surface area contributed by atoms with E-state index >= 15 is 0 Å². The SMILES string of the molecule is Cc1ccc2c(c1)c1cc3c4c5c1n2-c1cc(C(C)(C)C)cc[n+]1/C(=C1/Cc2c(cc(-c6c(C)cccc6C)cc2N4c2ccccc2C3(C)C)C2=[N+]1[C@]1(C)Cc3c(ccc(C)c3C)[C@]1(C)S2)C5. The van der Waals surface area contributed by atoms with E-state index in [2.05, 4.69) is 223 Å². The maximum atomic E-state index is 2.92. The molecule has 0 N–H and O–H groups in total. The summed E-state index contributed by atoms with van der Waals surface area (Å²) in [6.07, 6.45) is 5.07. The first-order chi connectivity index (χ1) is 32.4. The van der Waals surface area contributed by atoms with Crippen molar-refractivity contribution < 1.29 is 9.14 Å². The number of rotatable bonds is 1. The smallest absolute Gasteiger partial charge is 0.292 e. The number of hydrogen-bond acceptors (Lipinski definition) is 2. The molecule has 14 rings (SSSR count). The lowest BCUT2D eigenvalue weighted by atomic mass is 9.72. The van der Waals surface area contributed by atoms with Crippen molar-refractivity contribution >= 4 is 61.4 Å². The summed E-state index contributed by atoms with van der Waals surface area (Å²) in [5.74, 6) is 1.23. The Balaban J connectivity index is 1.22. The molecule has 0 saturated heterocycles. The minimum absolute atomic E-state index is 0.0399. The molecule has 2 aromatic heterocycles. The summed E-state index contributed by atoms with van der Waals surface area (Å²) in [6.45, 7) is 28.7. The van der Waals surface area contributed by atoms with Crippen LogP contribution in [0.2, 0.25) is 0 Å². The lowest BCUT2D eigenvalue weighted by Crippen LogP contribution is -2.50. The first kappa shape index (κ1) is 40.9. The Hall–Kier alpha value is -6.17. The van der Waals surface area contributed by atoms with Gasteiger partial charge >= 0.3 is 0 Å². The molecule has 0 radical (unpaired) electrons. The number of anilines is 3. The number of aromatic nitrogens is 2. The van der Waals surface area contributed by atoms with Crippen LogP contribution in [0.1, 0.15) is 121 Å². The summed E-state index contributed by atoms with van der Waals surface area (Å²) in [6, 6.07) is 41.0. The summed E-state index contributed by atoms with van der Waals surface area (Å²) < 4.78 is 8.05. The highest BCUT2D eigenvalue weighted by molar-refractivity contribution is 8.15.